The molecule has 1 saturated heterocycles. The minimum absolute atomic E-state index is 0.220. The van der Waals surface area contributed by atoms with Crippen LogP contribution in [0.25, 0.3) is 0 Å². The van der Waals surface area contributed by atoms with E-state index in [-0.39, 0.29) is 6.04 Å². The number of rotatable bonds is 1. The number of alkyl halides is 3. The third kappa shape index (κ3) is 2.37. The largest absolute Gasteiger partial charge is 0.416 e. The van der Waals surface area contributed by atoms with E-state index < -0.39 is 17.3 Å². The van der Waals surface area contributed by atoms with Crippen molar-refractivity contribution in [3.63, 3.8) is 0 Å². The number of halogens is 3. The van der Waals surface area contributed by atoms with Gasteiger partial charge in [0.2, 0.25) is 0 Å². The van der Waals surface area contributed by atoms with E-state index >= 15 is 0 Å². The maximum absolute atomic E-state index is 12.4. The second-order valence-corrected chi connectivity index (χ2v) is 5.07. The van der Waals surface area contributed by atoms with Gasteiger partial charge in [0.1, 0.15) is 5.60 Å². The van der Waals surface area contributed by atoms with Gasteiger partial charge in [-0.2, -0.15) is 13.2 Å². The summed E-state index contributed by atoms with van der Waals surface area (Å²) >= 11 is 0. The van der Waals surface area contributed by atoms with Crippen molar-refractivity contribution in [2.75, 3.05) is 13.6 Å². The molecule has 100 valence electrons. The fraction of sp³-hybridized carbons (Fsp3) is 0.538. The summed E-state index contributed by atoms with van der Waals surface area (Å²) in [6, 6.07) is 5.01. The lowest BCUT2D eigenvalue weighted by Crippen LogP contribution is -2.29. The zero-order valence-corrected chi connectivity index (χ0v) is 10.3. The van der Waals surface area contributed by atoms with E-state index in [1.807, 2.05) is 18.9 Å². The van der Waals surface area contributed by atoms with Gasteiger partial charge in [0.05, 0.1) is 5.56 Å². The first-order valence-corrected chi connectivity index (χ1v) is 5.83. The van der Waals surface area contributed by atoms with E-state index in [1.54, 1.807) is 0 Å². The number of β-amino-alcohol motifs (C(OH)–C–C–N with tert-alkyl or cyclic N) is 1. The first-order valence-electron chi connectivity index (χ1n) is 5.83. The molecule has 1 heterocycles. The SMILES string of the molecule is CC1CC(O)(c2ccc(C(F)(F)F)cc2)CN1C. The van der Waals surface area contributed by atoms with Crippen LogP contribution in [0.4, 0.5) is 13.2 Å². The first kappa shape index (κ1) is 13.4. The molecule has 1 aromatic rings. The lowest BCUT2D eigenvalue weighted by atomic mass is 9.91. The van der Waals surface area contributed by atoms with Crippen molar-refractivity contribution in [2.24, 2.45) is 0 Å². The first-order chi connectivity index (χ1) is 8.22. The third-order valence-electron chi connectivity index (χ3n) is 3.65. The Morgan fingerprint density at radius 3 is 2.22 bits per heavy atom. The molecule has 0 spiro atoms. The molecule has 2 nitrogen and oxygen atoms in total. The molecule has 0 saturated carbocycles. The molecule has 1 aliphatic rings. The highest BCUT2D eigenvalue weighted by atomic mass is 19.4. The second kappa shape index (κ2) is 4.24. The fourth-order valence-electron chi connectivity index (χ4n) is 2.46. The molecule has 0 aromatic heterocycles. The summed E-state index contributed by atoms with van der Waals surface area (Å²) in [6.45, 7) is 2.43. The van der Waals surface area contributed by atoms with Gasteiger partial charge in [-0.25, -0.2) is 0 Å². The maximum Gasteiger partial charge on any atom is 0.416 e. The van der Waals surface area contributed by atoms with Crippen molar-refractivity contribution in [1.82, 2.24) is 4.90 Å². The molecule has 2 atom stereocenters. The summed E-state index contributed by atoms with van der Waals surface area (Å²) in [7, 11) is 1.90. The van der Waals surface area contributed by atoms with Crippen LogP contribution in [-0.2, 0) is 11.8 Å². The molecule has 0 bridgehead atoms. The summed E-state index contributed by atoms with van der Waals surface area (Å²) < 4.78 is 37.3. The molecule has 0 radical (unpaired) electrons. The number of benzene rings is 1. The summed E-state index contributed by atoms with van der Waals surface area (Å²) in [5.41, 5.74) is -1.18. The van der Waals surface area contributed by atoms with Gasteiger partial charge < -0.3 is 10.0 Å². The average Bonchev–Trinajstić information content (AvgIpc) is 2.53. The summed E-state index contributed by atoms with van der Waals surface area (Å²) in [5, 5.41) is 10.5. The van der Waals surface area contributed by atoms with Crippen LogP contribution in [0.3, 0.4) is 0 Å². The Hall–Kier alpha value is -1.07. The monoisotopic (exact) mass is 259 g/mol. The van der Waals surface area contributed by atoms with Crippen molar-refractivity contribution >= 4 is 0 Å². The zero-order valence-electron chi connectivity index (χ0n) is 10.3. The van der Waals surface area contributed by atoms with Crippen molar-refractivity contribution in [3.8, 4) is 0 Å². The van der Waals surface area contributed by atoms with Gasteiger partial charge in [0, 0.05) is 12.6 Å². The van der Waals surface area contributed by atoms with E-state index in [0.29, 0.717) is 18.5 Å². The van der Waals surface area contributed by atoms with Crippen LogP contribution in [0.1, 0.15) is 24.5 Å². The Morgan fingerprint density at radius 1 is 1.28 bits per heavy atom. The number of hydrogen-bond donors (Lipinski definition) is 1. The van der Waals surface area contributed by atoms with E-state index in [1.165, 1.54) is 12.1 Å². The van der Waals surface area contributed by atoms with Gasteiger partial charge in [-0.15, -0.1) is 0 Å². The van der Waals surface area contributed by atoms with Gasteiger partial charge >= 0.3 is 6.18 Å². The predicted octanol–water partition coefficient (Wildman–Crippen LogP) is 2.62. The van der Waals surface area contributed by atoms with Crippen LogP contribution < -0.4 is 0 Å². The summed E-state index contributed by atoms with van der Waals surface area (Å²) in [4.78, 5) is 2.00. The molecule has 0 amide bonds. The quantitative estimate of drug-likeness (QED) is 0.838. The van der Waals surface area contributed by atoms with Crippen molar-refractivity contribution in [3.05, 3.63) is 35.4 Å². The van der Waals surface area contributed by atoms with Gasteiger partial charge in [-0.05, 0) is 38.1 Å². The lowest BCUT2D eigenvalue weighted by Gasteiger charge is -2.23. The number of likely N-dealkylation sites (N-methyl/N-ethyl adjacent to an activating group) is 1. The third-order valence-corrected chi connectivity index (χ3v) is 3.65. The highest BCUT2D eigenvalue weighted by Crippen LogP contribution is 2.36. The second-order valence-electron chi connectivity index (χ2n) is 5.07. The number of aliphatic hydroxyl groups is 1. The average molecular weight is 259 g/mol. The Morgan fingerprint density at radius 2 is 1.83 bits per heavy atom. The summed E-state index contributed by atoms with van der Waals surface area (Å²) in [5.74, 6) is 0. The van der Waals surface area contributed by atoms with Crippen molar-refractivity contribution in [2.45, 2.75) is 31.2 Å². The van der Waals surface area contributed by atoms with Crippen LogP contribution in [0, 0.1) is 0 Å². The van der Waals surface area contributed by atoms with E-state index in [0.717, 1.165) is 12.1 Å². The van der Waals surface area contributed by atoms with Crippen LogP contribution in [0.2, 0.25) is 0 Å². The molecule has 1 fully saturated rings. The predicted molar refractivity (Wildman–Crippen MR) is 62.0 cm³/mol. The zero-order chi connectivity index (χ0) is 13.6. The minimum Gasteiger partial charge on any atom is -0.384 e. The van der Waals surface area contributed by atoms with E-state index in [2.05, 4.69) is 0 Å². The topological polar surface area (TPSA) is 23.5 Å². The number of hydrogen-bond acceptors (Lipinski definition) is 2. The number of nitrogens with zero attached hydrogens (tertiary/aromatic N) is 1. The minimum atomic E-state index is -4.33. The van der Waals surface area contributed by atoms with E-state index in [4.69, 9.17) is 0 Å². The highest BCUT2D eigenvalue weighted by molar-refractivity contribution is 5.30. The molecule has 5 heteroatoms. The Bertz CT molecular complexity index is 417. The molecule has 1 aromatic carbocycles. The highest BCUT2D eigenvalue weighted by Gasteiger charge is 2.40. The Labute approximate surface area is 104 Å². The molecule has 1 N–H and O–H groups in total. The van der Waals surface area contributed by atoms with Gasteiger partial charge in [0.25, 0.3) is 0 Å². The van der Waals surface area contributed by atoms with Gasteiger partial charge in [-0.1, -0.05) is 12.1 Å². The summed E-state index contributed by atoms with van der Waals surface area (Å²) in [6.07, 6.45) is -3.80. The molecular formula is C13H16F3NO. The molecule has 2 rings (SSSR count). The van der Waals surface area contributed by atoms with Crippen molar-refractivity contribution < 1.29 is 18.3 Å². The standard InChI is InChI=1S/C13H16F3NO/c1-9-7-12(18,8-17(9)2)10-3-5-11(6-4-10)13(14,15)16/h3-6,9,18H,7-8H2,1-2H3. The Kier molecular flexibility index (Phi) is 3.15. The van der Waals surface area contributed by atoms with Crippen LogP contribution in [-0.4, -0.2) is 29.6 Å². The maximum atomic E-state index is 12.4. The smallest absolute Gasteiger partial charge is 0.384 e. The van der Waals surface area contributed by atoms with Crippen LogP contribution in [0.15, 0.2) is 24.3 Å². The molecule has 0 aliphatic carbocycles. The number of likely N-dealkylation sites (tertiary alicyclic amines) is 1. The Balaban J connectivity index is 2.25. The molecule has 2 unspecified atom stereocenters. The van der Waals surface area contributed by atoms with Crippen LogP contribution in [0.5, 0.6) is 0 Å². The van der Waals surface area contributed by atoms with Crippen LogP contribution >= 0.6 is 0 Å². The normalized spacial score (nSPS) is 29.8. The fourth-order valence-corrected chi connectivity index (χ4v) is 2.46. The lowest BCUT2D eigenvalue weighted by molar-refractivity contribution is -0.137. The van der Waals surface area contributed by atoms with E-state index in [9.17, 15) is 18.3 Å². The molecule has 18 heavy (non-hydrogen) atoms. The molecule has 1 aliphatic heterocycles. The molecular weight excluding hydrogens is 243 g/mol. The van der Waals surface area contributed by atoms with Gasteiger partial charge in [-0.3, -0.25) is 0 Å². The van der Waals surface area contributed by atoms with Gasteiger partial charge in [0.15, 0.2) is 0 Å². The van der Waals surface area contributed by atoms with Crippen molar-refractivity contribution in [1.29, 1.82) is 0 Å².